The number of carbonyl (C=O) groups is 2. The standard InChI is InChI=1S/C20H21N3O3/c1-26-18-7-3-2-5-16(18)8-9-19(24)22-11-13-23(14-12-22)20(25)17-6-4-10-21-15-17/h2-10,15H,11-14H2,1H3/b9-8+. The third kappa shape index (κ3) is 4.08. The van der Waals surface area contributed by atoms with Crippen molar-refractivity contribution >= 4 is 17.9 Å². The van der Waals surface area contributed by atoms with E-state index in [0.717, 1.165) is 11.3 Å². The lowest BCUT2D eigenvalue weighted by Crippen LogP contribution is -2.50. The maximum atomic E-state index is 12.4. The van der Waals surface area contributed by atoms with Crippen LogP contribution in [0.15, 0.2) is 54.9 Å². The predicted octanol–water partition coefficient (Wildman–Crippen LogP) is 2.09. The summed E-state index contributed by atoms with van der Waals surface area (Å²) < 4.78 is 5.28. The number of piperazine rings is 1. The van der Waals surface area contributed by atoms with Crippen LogP contribution < -0.4 is 4.74 Å². The minimum absolute atomic E-state index is 0.0465. The molecule has 2 aromatic rings. The molecule has 26 heavy (non-hydrogen) atoms. The number of hydrogen-bond donors (Lipinski definition) is 0. The van der Waals surface area contributed by atoms with E-state index in [1.54, 1.807) is 53.6 Å². The molecule has 0 spiro atoms. The average molecular weight is 351 g/mol. The number of hydrogen-bond acceptors (Lipinski definition) is 4. The molecule has 2 amide bonds. The van der Waals surface area contributed by atoms with Crippen molar-refractivity contribution in [2.24, 2.45) is 0 Å². The van der Waals surface area contributed by atoms with Crippen molar-refractivity contribution in [3.8, 4) is 5.75 Å². The molecule has 2 heterocycles. The summed E-state index contributed by atoms with van der Waals surface area (Å²) in [5.41, 5.74) is 1.43. The third-order valence-corrected chi connectivity index (χ3v) is 4.33. The largest absolute Gasteiger partial charge is 0.496 e. The zero-order valence-electron chi connectivity index (χ0n) is 14.7. The van der Waals surface area contributed by atoms with E-state index in [9.17, 15) is 9.59 Å². The molecule has 0 atom stereocenters. The molecule has 1 saturated heterocycles. The highest BCUT2D eigenvalue weighted by Gasteiger charge is 2.23. The molecular formula is C20H21N3O3. The molecular weight excluding hydrogens is 330 g/mol. The van der Waals surface area contributed by atoms with Crippen LogP contribution in [0, 0.1) is 0 Å². The molecule has 1 aromatic heterocycles. The molecule has 1 aliphatic heterocycles. The Balaban J connectivity index is 1.57. The van der Waals surface area contributed by atoms with Gasteiger partial charge in [0.05, 0.1) is 12.7 Å². The number of rotatable bonds is 4. The summed E-state index contributed by atoms with van der Waals surface area (Å²) in [4.78, 5) is 32.3. The monoisotopic (exact) mass is 351 g/mol. The highest BCUT2D eigenvalue weighted by molar-refractivity contribution is 5.95. The maximum absolute atomic E-state index is 12.4. The van der Waals surface area contributed by atoms with E-state index >= 15 is 0 Å². The summed E-state index contributed by atoms with van der Waals surface area (Å²) >= 11 is 0. The van der Waals surface area contributed by atoms with E-state index in [1.165, 1.54) is 0 Å². The molecule has 1 aliphatic rings. The van der Waals surface area contributed by atoms with Crippen LogP contribution in [0.3, 0.4) is 0 Å². The second-order valence-electron chi connectivity index (χ2n) is 5.93. The molecule has 0 radical (unpaired) electrons. The molecule has 1 fully saturated rings. The normalized spacial score (nSPS) is 14.5. The van der Waals surface area contributed by atoms with Gasteiger partial charge in [-0.15, -0.1) is 0 Å². The fourth-order valence-corrected chi connectivity index (χ4v) is 2.87. The van der Waals surface area contributed by atoms with Crippen LogP contribution in [0.2, 0.25) is 0 Å². The SMILES string of the molecule is COc1ccccc1/C=C/C(=O)N1CCN(C(=O)c2cccnc2)CC1. The first-order valence-electron chi connectivity index (χ1n) is 8.48. The van der Waals surface area contributed by atoms with Crippen LogP contribution in [0.25, 0.3) is 6.08 Å². The van der Waals surface area contributed by atoms with Gasteiger partial charge in [0.1, 0.15) is 5.75 Å². The molecule has 3 rings (SSSR count). The first-order valence-corrected chi connectivity index (χ1v) is 8.48. The first kappa shape index (κ1) is 17.7. The first-order chi connectivity index (χ1) is 12.7. The molecule has 1 aromatic carbocycles. The van der Waals surface area contributed by atoms with E-state index in [0.29, 0.717) is 31.7 Å². The van der Waals surface area contributed by atoms with Gasteiger partial charge in [-0.1, -0.05) is 18.2 Å². The minimum Gasteiger partial charge on any atom is -0.496 e. The van der Waals surface area contributed by atoms with E-state index in [1.807, 2.05) is 24.3 Å². The molecule has 134 valence electrons. The van der Waals surface area contributed by atoms with Crippen LogP contribution in [-0.4, -0.2) is 59.9 Å². The third-order valence-electron chi connectivity index (χ3n) is 4.33. The van der Waals surface area contributed by atoms with Gasteiger partial charge in [0.15, 0.2) is 0 Å². The predicted molar refractivity (Wildman–Crippen MR) is 98.7 cm³/mol. The number of pyridine rings is 1. The Kier molecular flexibility index (Phi) is 5.63. The fraction of sp³-hybridized carbons (Fsp3) is 0.250. The van der Waals surface area contributed by atoms with Crippen molar-refractivity contribution in [3.63, 3.8) is 0 Å². The Labute approximate surface area is 152 Å². The van der Waals surface area contributed by atoms with Gasteiger partial charge in [0, 0.05) is 50.2 Å². The van der Waals surface area contributed by atoms with Gasteiger partial charge in [-0.2, -0.15) is 0 Å². The van der Waals surface area contributed by atoms with Gasteiger partial charge in [0.25, 0.3) is 5.91 Å². The molecule has 6 nitrogen and oxygen atoms in total. The molecule has 0 unspecified atom stereocenters. The summed E-state index contributed by atoms with van der Waals surface area (Å²) in [6.07, 6.45) is 6.52. The van der Waals surface area contributed by atoms with Crippen LogP contribution in [0.1, 0.15) is 15.9 Å². The Bertz CT molecular complexity index is 797. The van der Waals surface area contributed by atoms with Gasteiger partial charge in [-0.25, -0.2) is 0 Å². The van der Waals surface area contributed by atoms with Gasteiger partial charge in [-0.3, -0.25) is 14.6 Å². The quantitative estimate of drug-likeness (QED) is 0.792. The summed E-state index contributed by atoms with van der Waals surface area (Å²) in [6, 6.07) is 11.0. The maximum Gasteiger partial charge on any atom is 0.255 e. The van der Waals surface area contributed by atoms with E-state index in [4.69, 9.17) is 4.74 Å². The number of methoxy groups -OCH3 is 1. The lowest BCUT2D eigenvalue weighted by atomic mass is 10.2. The Morgan fingerprint density at radius 1 is 1.04 bits per heavy atom. The molecule has 6 heteroatoms. The zero-order chi connectivity index (χ0) is 18.4. The number of benzene rings is 1. The second-order valence-corrected chi connectivity index (χ2v) is 5.93. The van der Waals surface area contributed by atoms with Crippen molar-refractivity contribution in [1.29, 1.82) is 0 Å². The average Bonchev–Trinajstić information content (AvgIpc) is 2.72. The fourth-order valence-electron chi connectivity index (χ4n) is 2.87. The van der Waals surface area contributed by atoms with Crippen molar-refractivity contribution in [2.45, 2.75) is 0 Å². The lowest BCUT2D eigenvalue weighted by molar-refractivity contribution is -0.127. The van der Waals surface area contributed by atoms with Crippen molar-refractivity contribution in [3.05, 3.63) is 66.0 Å². The molecule has 0 N–H and O–H groups in total. The van der Waals surface area contributed by atoms with Gasteiger partial charge in [0.2, 0.25) is 5.91 Å². The number of amides is 2. The smallest absolute Gasteiger partial charge is 0.255 e. The van der Waals surface area contributed by atoms with E-state index < -0.39 is 0 Å². The van der Waals surface area contributed by atoms with Crippen LogP contribution >= 0.6 is 0 Å². The zero-order valence-corrected chi connectivity index (χ0v) is 14.7. The number of ether oxygens (including phenoxy) is 1. The second kappa shape index (κ2) is 8.29. The highest BCUT2D eigenvalue weighted by Crippen LogP contribution is 2.19. The molecule has 0 aliphatic carbocycles. The minimum atomic E-state index is -0.0654. The summed E-state index contributed by atoms with van der Waals surface area (Å²) in [5.74, 6) is 0.614. The van der Waals surface area contributed by atoms with Crippen LogP contribution in [-0.2, 0) is 4.79 Å². The lowest BCUT2D eigenvalue weighted by Gasteiger charge is -2.34. The number of carbonyl (C=O) groups excluding carboxylic acids is 2. The number of aromatic nitrogens is 1. The summed E-state index contributed by atoms with van der Waals surface area (Å²) in [5, 5.41) is 0. The number of para-hydroxylation sites is 1. The van der Waals surface area contributed by atoms with E-state index in [2.05, 4.69) is 4.98 Å². The van der Waals surface area contributed by atoms with Crippen molar-refractivity contribution in [1.82, 2.24) is 14.8 Å². The Morgan fingerprint density at radius 2 is 1.77 bits per heavy atom. The summed E-state index contributed by atoms with van der Waals surface area (Å²) in [7, 11) is 1.60. The highest BCUT2D eigenvalue weighted by atomic mass is 16.5. The van der Waals surface area contributed by atoms with Crippen molar-refractivity contribution < 1.29 is 14.3 Å². The van der Waals surface area contributed by atoms with Gasteiger partial charge in [-0.05, 0) is 24.3 Å². The Morgan fingerprint density at radius 3 is 2.46 bits per heavy atom. The van der Waals surface area contributed by atoms with Crippen LogP contribution in [0.4, 0.5) is 0 Å². The number of nitrogens with zero attached hydrogens (tertiary/aromatic N) is 3. The summed E-state index contributed by atoms with van der Waals surface area (Å²) in [6.45, 7) is 2.06. The van der Waals surface area contributed by atoms with Gasteiger partial charge < -0.3 is 14.5 Å². The Hall–Kier alpha value is -3.15. The van der Waals surface area contributed by atoms with Crippen molar-refractivity contribution in [2.75, 3.05) is 33.3 Å². The van der Waals surface area contributed by atoms with Crippen LogP contribution in [0.5, 0.6) is 5.75 Å². The van der Waals surface area contributed by atoms with Gasteiger partial charge >= 0.3 is 0 Å². The topological polar surface area (TPSA) is 62.7 Å². The molecule has 0 bridgehead atoms. The van der Waals surface area contributed by atoms with E-state index in [-0.39, 0.29) is 11.8 Å². The molecule has 0 saturated carbocycles.